The zero-order valence-electron chi connectivity index (χ0n) is 9.35. The molecule has 88 valence electrons. The fraction of sp³-hybridized carbons (Fsp3) is 1.00. The summed E-state index contributed by atoms with van der Waals surface area (Å²) in [6, 6.07) is 0. The molecule has 0 spiro atoms. The van der Waals surface area contributed by atoms with Crippen molar-refractivity contribution in [1.29, 1.82) is 0 Å². The summed E-state index contributed by atoms with van der Waals surface area (Å²) in [5.74, 6) is 0. The van der Waals surface area contributed by atoms with E-state index in [9.17, 15) is 0 Å². The van der Waals surface area contributed by atoms with Crippen LogP contribution in [0.4, 0.5) is 0 Å². The number of rotatable bonds is 5. The van der Waals surface area contributed by atoms with E-state index in [1.54, 1.807) is 13.8 Å². The summed E-state index contributed by atoms with van der Waals surface area (Å²) in [6.45, 7) is 5.34. The molecule has 0 aliphatic rings. The summed E-state index contributed by atoms with van der Waals surface area (Å²) in [5.41, 5.74) is 0. The molecule has 0 amide bonds. The molecule has 0 fully saturated rings. The van der Waals surface area contributed by atoms with Gasteiger partial charge in [-0.15, -0.1) is 0 Å². The first-order valence-corrected chi connectivity index (χ1v) is 5.12. The Morgan fingerprint density at radius 2 is 1.36 bits per heavy atom. The van der Waals surface area contributed by atoms with Crippen LogP contribution in [0, 0.1) is 0 Å². The van der Waals surface area contributed by atoms with Crippen LogP contribution in [0.15, 0.2) is 0 Å². The fourth-order valence-corrected chi connectivity index (χ4v) is 0.880. The van der Waals surface area contributed by atoms with Crippen LogP contribution in [0.3, 0.4) is 0 Å². The van der Waals surface area contributed by atoms with Gasteiger partial charge in [0.15, 0.2) is 6.29 Å². The number of aliphatic hydroxyl groups is 4. The van der Waals surface area contributed by atoms with Gasteiger partial charge in [0.1, 0.15) is 0 Å². The SMILES string of the molecule is CC(O)CC(C)O.CCCCC(O)O. The lowest BCUT2D eigenvalue weighted by atomic mass is 10.2. The monoisotopic (exact) mass is 208 g/mol. The highest BCUT2D eigenvalue weighted by Crippen LogP contribution is 1.95. The topological polar surface area (TPSA) is 80.9 Å². The quantitative estimate of drug-likeness (QED) is 0.499. The molecule has 0 rings (SSSR count). The molecule has 0 heterocycles. The van der Waals surface area contributed by atoms with Crippen molar-refractivity contribution in [2.45, 2.75) is 65.0 Å². The van der Waals surface area contributed by atoms with Gasteiger partial charge in [0.2, 0.25) is 0 Å². The molecule has 4 nitrogen and oxygen atoms in total. The third-order valence-electron chi connectivity index (χ3n) is 1.50. The van der Waals surface area contributed by atoms with Crippen LogP contribution in [0.2, 0.25) is 0 Å². The van der Waals surface area contributed by atoms with Crippen LogP contribution < -0.4 is 0 Å². The van der Waals surface area contributed by atoms with Gasteiger partial charge < -0.3 is 20.4 Å². The Morgan fingerprint density at radius 1 is 0.929 bits per heavy atom. The van der Waals surface area contributed by atoms with Crippen molar-refractivity contribution in [2.24, 2.45) is 0 Å². The van der Waals surface area contributed by atoms with E-state index in [0.717, 1.165) is 12.8 Å². The van der Waals surface area contributed by atoms with Gasteiger partial charge in [-0.1, -0.05) is 13.3 Å². The lowest BCUT2D eigenvalue weighted by molar-refractivity contribution is -0.0463. The molecule has 14 heavy (non-hydrogen) atoms. The maximum atomic E-state index is 8.56. The summed E-state index contributed by atoms with van der Waals surface area (Å²) >= 11 is 0. The molecule has 0 aromatic carbocycles. The zero-order chi connectivity index (χ0) is 11.6. The van der Waals surface area contributed by atoms with Gasteiger partial charge in [0.05, 0.1) is 12.2 Å². The van der Waals surface area contributed by atoms with E-state index in [2.05, 4.69) is 0 Å². The Balaban J connectivity index is 0. The molecule has 0 saturated carbocycles. The zero-order valence-corrected chi connectivity index (χ0v) is 9.35. The highest BCUT2D eigenvalue weighted by atomic mass is 16.5. The minimum absolute atomic E-state index is 0.375. The Labute approximate surface area is 86.2 Å². The van der Waals surface area contributed by atoms with E-state index < -0.39 is 6.29 Å². The minimum atomic E-state index is -1.10. The molecule has 4 heteroatoms. The van der Waals surface area contributed by atoms with E-state index in [1.807, 2.05) is 6.92 Å². The smallest absolute Gasteiger partial charge is 0.151 e. The molecule has 0 radical (unpaired) electrons. The molecule has 0 aliphatic heterocycles. The van der Waals surface area contributed by atoms with Crippen LogP contribution in [-0.2, 0) is 0 Å². The van der Waals surface area contributed by atoms with Gasteiger partial charge in [0.25, 0.3) is 0 Å². The second-order valence-corrected chi connectivity index (χ2v) is 3.56. The number of unbranched alkanes of at least 4 members (excludes halogenated alkanes) is 1. The van der Waals surface area contributed by atoms with Crippen LogP contribution in [0.1, 0.15) is 46.5 Å². The van der Waals surface area contributed by atoms with Gasteiger partial charge in [-0.3, -0.25) is 0 Å². The molecule has 0 bridgehead atoms. The average Bonchev–Trinajstić information content (AvgIpc) is 1.99. The summed E-state index contributed by atoms with van der Waals surface area (Å²) < 4.78 is 0. The Morgan fingerprint density at radius 3 is 1.43 bits per heavy atom. The standard InChI is InChI=1S/2C5H12O2/c1-4(6)3-5(2)7;1-2-3-4-5(6)7/h4-7H,3H2,1-2H3;5-7H,2-4H2,1H3. The largest absolute Gasteiger partial charge is 0.393 e. The molecule has 0 aliphatic carbocycles. The second-order valence-electron chi connectivity index (χ2n) is 3.56. The third kappa shape index (κ3) is 22.6. The van der Waals surface area contributed by atoms with Crippen molar-refractivity contribution in [3.63, 3.8) is 0 Å². The highest BCUT2D eigenvalue weighted by molar-refractivity contribution is 4.51. The van der Waals surface area contributed by atoms with Crippen LogP contribution in [0.25, 0.3) is 0 Å². The first kappa shape index (κ1) is 16.3. The van der Waals surface area contributed by atoms with Gasteiger partial charge in [-0.05, 0) is 33.1 Å². The van der Waals surface area contributed by atoms with Crippen LogP contribution in [-0.4, -0.2) is 38.9 Å². The van der Waals surface area contributed by atoms with Crippen molar-refractivity contribution in [2.75, 3.05) is 0 Å². The normalized spacial score (nSPS) is 14.6. The maximum Gasteiger partial charge on any atom is 0.151 e. The van der Waals surface area contributed by atoms with Crippen molar-refractivity contribution in [3.05, 3.63) is 0 Å². The predicted octanol–water partition coefficient (Wildman–Crippen LogP) is 0.625. The second kappa shape index (κ2) is 10.9. The molecule has 0 saturated heterocycles. The molecular weight excluding hydrogens is 184 g/mol. The van der Waals surface area contributed by atoms with Crippen molar-refractivity contribution < 1.29 is 20.4 Å². The first-order valence-electron chi connectivity index (χ1n) is 5.12. The first-order chi connectivity index (χ1) is 6.40. The number of hydrogen-bond acceptors (Lipinski definition) is 4. The molecule has 0 aromatic heterocycles. The van der Waals surface area contributed by atoms with Crippen LogP contribution >= 0.6 is 0 Å². The Bertz CT molecular complexity index is 96.3. The van der Waals surface area contributed by atoms with E-state index >= 15 is 0 Å². The van der Waals surface area contributed by atoms with E-state index in [1.165, 1.54) is 0 Å². The maximum absolute atomic E-state index is 8.56. The lowest BCUT2D eigenvalue weighted by Gasteiger charge is -2.04. The average molecular weight is 208 g/mol. The summed E-state index contributed by atoms with van der Waals surface area (Å²) in [7, 11) is 0. The summed E-state index contributed by atoms with van der Waals surface area (Å²) in [6.07, 6.45) is 1.06. The predicted molar refractivity (Wildman–Crippen MR) is 55.7 cm³/mol. The van der Waals surface area contributed by atoms with Gasteiger partial charge >= 0.3 is 0 Å². The minimum Gasteiger partial charge on any atom is -0.393 e. The number of hydrogen-bond donors (Lipinski definition) is 4. The Kier molecular flexibility index (Phi) is 12.7. The lowest BCUT2D eigenvalue weighted by Crippen LogP contribution is -2.10. The summed E-state index contributed by atoms with van der Waals surface area (Å²) in [4.78, 5) is 0. The Hall–Kier alpha value is -0.160. The van der Waals surface area contributed by atoms with Gasteiger partial charge in [-0.25, -0.2) is 0 Å². The highest BCUT2D eigenvalue weighted by Gasteiger charge is 1.98. The van der Waals surface area contributed by atoms with E-state index in [-0.39, 0.29) is 12.2 Å². The summed E-state index contributed by atoms with van der Waals surface area (Å²) in [5, 5.41) is 33.6. The third-order valence-corrected chi connectivity index (χ3v) is 1.50. The fourth-order valence-electron chi connectivity index (χ4n) is 0.880. The van der Waals surface area contributed by atoms with Crippen molar-refractivity contribution in [1.82, 2.24) is 0 Å². The molecule has 0 aromatic rings. The van der Waals surface area contributed by atoms with E-state index in [4.69, 9.17) is 20.4 Å². The molecule has 2 atom stereocenters. The molecule has 4 N–H and O–H groups in total. The van der Waals surface area contributed by atoms with Crippen LogP contribution in [0.5, 0.6) is 0 Å². The van der Waals surface area contributed by atoms with Crippen molar-refractivity contribution >= 4 is 0 Å². The van der Waals surface area contributed by atoms with Crippen molar-refractivity contribution in [3.8, 4) is 0 Å². The van der Waals surface area contributed by atoms with Gasteiger partial charge in [-0.2, -0.15) is 0 Å². The van der Waals surface area contributed by atoms with E-state index in [0.29, 0.717) is 12.8 Å². The molecular formula is C10H24O4. The molecule has 2 unspecified atom stereocenters. The van der Waals surface area contributed by atoms with Gasteiger partial charge in [0, 0.05) is 0 Å². The number of aliphatic hydroxyl groups excluding tert-OH is 3.